The molecule has 1 aliphatic rings. The third-order valence-corrected chi connectivity index (χ3v) is 6.90. The lowest BCUT2D eigenvalue weighted by Gasteiger charge is -2.41. The molecule has 218 valence electrons. The van der Waals surface area contributed by atoms with Crippen LogP contribution in [0.2, 0.25) is 0 Å². The van der Waals surface area contributed by atoms with Gasteiger partial charge < -0.3 is 24.6 Å². The van der Waals surface area contributed by atoms with Gasteiger partial charge in [0.05, 0.1) is 0 Å². The van der Waals surface area contributed by atoms with Gasteiger partial charge in [-0.15, -0.1) is 0 Å². The lowest BCUT2D eigenvalue weighted by Crippen LogP contribution is -2.58. The fraction of sp³-hybridized carbons (Fsp3) is 0.531. The first-order valence-electron chi connectivity index (χ1n) is 14.0. The molecule has 1 saturated heterocycles. The van der Waals surface area contributed by atoms with E-state index in [2.05, 4.69) is 5.32 Å². The van der Waals surface area contributed by atoms with Crippen molar-refractivity contribution in [3.05, 3.63) is 71.3 Å². The third-order valence-electron chi connectivity index (χ3n) is 6.90. The minimum absolute atomic E-state index is 0.0828. The Bertz CT molecular complexity index is 1130. The number of amides is 3. The third kappa shape index (κ3) is 9.28. The number of nitrogens with zero attached hydrogens (tertiary/aromatic N) is 2. The maximum absolute atomic E-state index is 13.6. The van der Waals surface area contributed by atoms with Crippen LogP contribution in [0.3, 0.4) is 0 Å². The van der Waals surface area contributed by atoms with Crippen molar-refractivity contribution >= 4 is 18.1 Å². The summed E-state index contributed by atoms with van der Waals surface area (Å²) in [5.41, 5.74) is 1.93. The number of carbonyl (C=O) groups is 3. The average Bonchev–Trinajstić information content (AvgIpc) is 2.89. The van der Waals surface area contributed by atoms with Gasteiger partial charge in [0.25, 0.3) is 0 Å². The van der Waals surface area contributed by atoms with E-state index < -0.39 is 23.2 Å². The SMILES string of the molecule is Cc1ccc(CN(C(=O)OCc2ccccc2)C2CCN(C(=O)[C@@H](NC(=O)OC(C)(C)C)C(C)(C)C)CC2)cc1. The molecule has 0 saturated carbocycles. The topological polar surface area (TPSA) is 88.2 Å². The summed E-state index contributed by atoms with van der Waals surface area (Å²) in [6.45, 7) is 14.7. The van der Waals surface area contributed by atoms with Crippen molar-refractivity contribution in [3.8, 4) is 0 Å². The van der Waals surface area contributed by atoms with Gasteiger partial charge in [-0.05, 0) is 57.1 Å². The van der Waals surface area contributed by atoms with Crippen molar-refractivity contribution in [2.45, 2.75) is 92.1 Å². The van der Waals surface area contributed by atoms with Crippen LogP contribution in [0.25, 0.3) is 0 Å². The van der Waals surface area contributed by atoms with Crippen LogP contribution >= 0.6 is 0 Å². The van der Waals surface area contributed by atoms with Gasteiger partial charge >= 0.3 is 12.2 Å². The minimum atomic E-state index is -0.738. The predicted molar refractivity (Wildman–Crippen MR) is 156 cm³/mol. The Labute approximate surface area is 239 Å². The number of likely N-dealkylation sites (tertiary alicyclic amines) is 1. The summed E-state index contributed by atoms with van der Waals surface area (Å²) in [5, 5.41) is 2.80. The zero-order chi connectivity index (χ0) is 29.5. The molecular formula is C32H45N3O5. The molecule has 2 aromatic rings. The zero-order valence-electron chi connectivity index (χ0n) is 25.0. The van der Waals surface area contributed by atoms with E-state index in [9.17, 15) is 14.4 Å². The van der Waals surface area contributed by atoms with Gasteiger partial charge in [-0.3, -0.25) is 4.79 Å². The van der Waals surface area contributed by atoms with Crippen molar-refractivity contribution in [2.24, 2.45) is 5.41 Å². The normalized spacial score (nSPS) is 15.2. The van der Waals surface area contributed by atoms with Crippen LogP contribution in [0.1, 0.15) is 71.1 Å². The molecule has 0 spiro atoms. The van der Waals surface area contributed by atoms with Gasteiger partial charge in [0.2, 0.25) is 5.91 Å². The highest BCUT2D eigenvalue weighted by Crippen LogP contribution is 2.26. The molecule has 3 amide bonds. The van der Waals surface area contributed by atoms with Gasteiger partial charge in [-0.2, -0.15) is 0 Å². The first-order valence-corrected chi connectivity index (χ1v) is 14.0. The van der Waals surface area contributed by atoms with E-state index in [0.717, 1.165) is 16.7 Å². The van der Waals surface area contributed by atoms with Crippen LogP contribution in [0, 0.1) is 12.3 Å². The smallest absolute Gasteiger partial charge is 0.410 e. The second kappa shape index (κ2) is 13.2. The van der Waals surface area contributed by atoms with Crippen LogP contribution in [-0.4, -0.2) is 58.7 Å². The van der Waals surface area contributed by atoms with Crippen LogP contribution in [-0.2, 0) is 27.4 Å². The highest BCUT2D eigenvalue weighted by molar-refractivity contribution is 5.86. The quantitative estimate of drug-likeness (QED) is 0.452. The van der Waals surface area contributed by atoms with Gasteiger partial charge in [0.1, 0.15) is 18.2 Å². The van der Waals surface area contributed by atoms with Crippen molar-refractivity contribution in [2.75, 3.05) is 13.1 Å². The van der Waals surface area contributed by atoms with Gasteiger partial charge in [0, 0.05) is 25.7 Å². The van der Waals surface area contributed by atoms with E-state index in [-0.39, 0.29) is 24.6 Å². The number of alkyl carbamates (subject to hydrolysis) is 1. The fourth-order valence-electron chi connectivity index (χ4n) is 4.69. The van der Waals surface area contributed by atoms with Crippen LogP contribution in [0.15, 0.2) is 54.6 Å². The van der Waals surface area contributed by atoms with Crippen LogP contribution < -0.4 is 5.32 Å². The molecule has 0 aliphatic carbocycles. The van der Waals surface area contributed by atoms with Crippen molar-refractivity contribution in [3.63, 3.8) is 0 Å². The number of benzene rings is 2. The van der Waals surface area contributed by atoms with E-state index in [0.29, 0.717) is 32.5 Å². The van der Waals surface area contributed by atoms with E-state index in [1.807, 2.05) is 82.3 Å². The Kier molecular flexibility index (Phi) is 10.2. The lowest BCUT2D eigenvalue weighted by atomic mass is 9.85. The monoisotopic (exact) mass is 551 g/mol. The molecule has 40 heavy (non-hydrogen) atoms. The number of piperidine rings is 1. The minimum Gasteiger partial charge on any atom is -0.445 e. The summed E-state index contributed by atoms with van der Waals surface area (Å²) in [4.78, 5) is 43.0. The Morgan fingerprint density at radius 1 is 0.925 bits per heavy atom. The Balaban J connectivity index is 1.69. The number of nitrogens with one attached hydrogen (secondary N) is 1. The molecule has 8 heteroatoms. The first-order chi connectivity index (χ1) is 18.7. The summed E-state index contributed by atoms with van der Waals surface area (Å²) in [7, 11) is 0. The maximum atomic E-state index is 13.6. The van der Waals surface area contributed by atoms with E-state index >= 15 is 0 Å². The number of carbonyl (C=O) groups excluding carboxylic acids is 3. The number of ether oxygens (including phenoxy) is 2. The maximum Gasteiger partial charge on any atom is 0.410 e. The zero-order valence-corrected chi connectivity index (χ0v) is 25.0. The Morgan fingerprint density at radius 2 is 1.52 bits per heavy atom. The van der Waals surface area contributed by atoms with Crippen molar-refractivity contribution in [1.29, 1.82) is 0 Å². The largest absolute Gasteiger partial charge is 0.445 e. The summed E-state index contributed by atoms with van der Waals surface area (Å²) in [6.07, 6.45) is 0.248. The highest BCUT2D eigenvalue weighted by Gasteiger charge is 2.39. The summed E-state index contributed by atoms with van der Waals surface area (Å²) >= 11 is 0. The fourth-order valence-corrected chi connectivity index (χ4v) is 4.69. The molecule has 1 aliphatic heterocycles. The molecule has 1 heterocycles. The van der Waals surface area contributed by atoms with E-state index in [1.165, 1.54) is 0 Å². The summed E-state index contributed by atoms with van der Waals surface area (Å²) < 4.78 is 11.1. The average molecular weight is 552 g/mol. The van der Waals surface area contributed by atoms with Gasteiger partial charge in [0.15, 0.2) is 0 Å². The molecule has 0 aromatic heterocycles. The number of aryl methyl sites for hydroxylation is 1. The number of hydrogen-bond donors (Lipinski definition) is 1. The van der Waals surface area contributed by atoms with Gasteiger partial charge in [-0.25, -0.2) is 9.59 Å². The lowest BCUT2D eigenvalue weighted by molar-refractivity contribution is -0.137. The number of hydrogen-bond acceptors (Lipinski definition) is 5. The van der Waals surface area contributed by atoms with E-state index in [1.54, 1.807) is 30.6 Å². The Hall–Kier alpha value is -3.55. The van der Waals surface area contributed by atoms with E-state index in [4.69, 9.17) is 9.47 Å². The molecule has 0 bridgehead atoms. The van der Waals surface area contributed by atoms with Crippen molar-refractivity contribution in [1.82, 2.24) is 15.1 Å². The molecule has 2 aromatic carbocycles. The van der Waals surface area contributed by atoms with Crippen LogP contribution in [0.5, 0.6) is 0 Å². The summed E-state index contributed by atoms with van der Waals surface area (Å²) in [5.74, 6) is -0.145. The second-order valence-electron chi connectivity index (χ2n) is 12.7. The highest BCUT2D eigenvalue weighted by atomic mass is 16.6. The number of rotatable bonds is 7. The molecule has 1 atom stereocenters. The first kappa shape index (κ1) is 31.0. The van der Waals surface area contributed by atoms with Crippen molar-refractivity contribution < 1.29 is 23.9 Å². The molecule has 3 rings (SSSR count). The molecule has 1 fully saturated rings. The Morgan fingerprint density at radius 3 is 2.08 bits per heavy atom. The van der Waals surface area contributed by atoms with Gasteiger partial charge in [-0.1, -0.05) is 80.9 Å². The second-order valence-corrected chi connectivity index (χ2v) is 12.7. The molecular weight excluding hydrogens is 506 g/mol. The molecule has 0 radical (unpaired) electrons. The van der Waals surface area contributed by atoms with Crippen LogP contribution in [0.4, 0.5) is 9.59 Å². The standard InChI is InChI=1S/C32H45N3O5/c1-23-13-15-24(16-14-23)21-35(30(38)39-22-25-11-9-8-10-12-25)26-17-19-34(20-18-26)28(36)27(31(2,3)4)33-29(37)40-32(5,6)7/h8-16,26-27H,17-22H2,1-7H3,(H,33,37)/t27-/m1/s1. The molecule has 0 unspecified atom stereocenters. The predicted octanol–water partition coefficient (Wildman–Crippen LogP) is 6.06. The molecule has 8 nitrogen and oxygen atoms in total. The molecule has 1 N–H and O–H groups in total. The summed E-state index contributed by atoms with van der Waals surface area (Å²) in [6, 6.07) is 16.9.